The van der Waals surface area contributed by atoms with Gasteiger partial charge >= 0.3 is 0 Å². The molecule has 2 N–H and O–H groups in total. The number of rotatable bonds is 7. The molecule has 1 aliphatic rings. The van der Waals surface area contributed by atoms with Gasteiger partial charge in [-0.1, -0.05) is 6.92 Å². The number of nitrogens with one attached hydrogen (secondary N) is 2. The van der Waals surface area contributed by atoms with Crippen LogP contribution in [0.25, 0.3) is 0 Å². The summed E-state index contributed by atoms with van der Waals surface area (Å²) in [5, 5.41) is 6.82. The normalized spacial score (nSPS) is 17.1. The molecule has 1 aromatic rings. The second kappa shape index (κ2) is 7.80. The first-order valence-corrected chi connectivity index (χ1v) is 8.69. The van der Waals surface area contributed by atoms with Gasteiger partial charge < -0.3 is 10.6 Å². The van der Waals surface area contributed by atoms with Crippen LogP contribution < -0.4 is 10.6 Å². The Kier molecular flexibility index (Phi) is 6.06. The summed E-state index contributed by atoms with van der Waals surface area (Å²) >= 11 is 1.87. The molecule has 1 unspecified atom stereocenters. The summed E-state index contributed by atoms with van der Waals surface area (Å²) in [6, 6.07) is 5.75. The summed E-state index contributed by atoms with van der Waals surface area (Å²) < 4.78 is 0. The largest absolute Gasteiger partial charge is 0.355 e. The Hall–Kier alpha value is -1.07. The van der Waals surface area contributed by atoms with Crippen LogP contribution in [0.4, 0.5) is 0 Å². The Bertz CT molecular complexity index is 465. The first-order chi connectivity index (χ1) is 10.1. The van der Waals surface area contributed by atoms with Gasteiger partial charge in [0.05, 0.1) is 6.54 Å². The maximum atomic E-state index is 4.30. The van der Waals surface area contributed by atoms with Gasteiger partial charge in [0.15, 0.2) is 5.96 Å². The molecule has 1 saturated carbocycles. The van der Waals surface area contributed by atoms with Crippen LogP contribution in [0.3, 0.4) is 0 Å². The average Bonchev–Trinajstić information content (AvgIpc) is 3.25. The van der Waals surface area contributed by atoms with E-state index in [0.29, 0.717) is 6.04 Å². The van der Waals surface area contributed by atoms with Gasteiger partial charge in [-0.05, 0) is 45.4 Å². The summed E-state index contributed by atoms with van der Waals surface area (Å²) in [6.45, 7) is 6.24. The second-order valence-corrected chi connectivity index (χ2v) is 7.03. The van der Waals surface area contributed by atoms with Gasteiger partial charge in [0, 0.05) is 35.4 Å². The Morgan fingerprint density at radius 3 is 2.67 bits per heavy atom. The van der Waals surface area contributed by atoms with Crippen LogP contribution in [0.5, 0.6) is 0 Å². The predicted molar refractivity (Wildman–Crippen MR) is 92.1 cm³/mol. The highest BCUT2D eigenvalue weighted by Crippen LogP contribution is 2.26. The Morgan fingerprint density at radius 1 is 1.38 bits per heavy atom. The summed E-state index contributed by atoms with van der Waals surface area (Å²) in [6.07, 6.45) is 3.82. The minimum atomic E-state index is 0.532. The molecule has 0 aliphatic heterocycles. The molecule has 118 valence electrons. The number of thiophene rings is 1. The molecule has 1 aliphatic carbocycles. The maximum Gasteiger partial charge on any atom is 0.191 e. The number of nitrogens with zero attached hydrogens (tertiary/aromatic N) is 2. The predicted octanol–water partition coefficient (Wildman–Crippen LogP) is 2.46. The van der Waals surface area contributed by atoms with Crippen molar-refractivity contribution in [3.8, 4) is 0 Å². The van der Waals surface area contributed by atoms with Crippen molar-refractivity contribution in [1.29, 1.82) is 0 Å². The second-order valence-electron chi connectivity index (χ2n) is 5.77. The molecule has 2 rings (SSSR count). The van der Waals surface area contributed by atoms with E-state index in [0.717, 1.165) is 31.5 Å². The minimum absolute atomic E-state index is 0.532. The summed E-state index contributed by atoms with van der Waals surface area (Å²) in [7, 11) is 4.05. The molecule has 1 aromatic heterocycles. The fraction of sp³-hybridized carbons (Fsp3) is 0.688. The van der Waals surface area contributed by atoms with Crippen LogP contribution in [0.2, 0.25) is 0 Å². The lowest BCUT2D eigenvalue weighted by atomic mass is 10.3. The SMILES string of the molecule is CCc1ccc(CNC(=NC)NCC(C)N(C)C2CC2)s1. The molecule has 0 bridgehead atoms. The molecule has 0 aromatic carbocycles. The van der Waals surface area contributed by atoms with E-state index >= 15 is 0 Å². The van der Waals surface area contributed by atoms with E-state index in [1.54, 1.807) is 0 Å². The summed E-state index contributed by atoms with van der Waals surface area (Å²) in [5.74, 6) is 0.887. The smallest absolute Gasteiger partial charge is 0.191 e. The number of aryl methyl sites for hydroxylation is 1. The monoisotopic (exact) mass is 308 g/mol. The fourth-order valence-electron chi connectivity index (χ4n) is 2.33. The first kappa shape index (κ1) is 16.3. The molecule has 1 atom stereocenters. The van der Waals surface area contributed by atoms with E-state index in [4.69, 9.17) is 0 Å². The molecule has 4 nitrogen and oxygen atoms in total. The van der Waals surface area contributed by atoms with Crippen molar-refractivity contribution in [2.75, 3.05) is 20.6 Å². The highest BCUT2D eigenvalue weighted by atomic mass is 32.1. The molecule has 0 saturated heterocycles. The lowest BCUT2D eigenvalue weighted by Gasteiger charge is -2.25. The van der Waals surface area contributed by atoms with E-state index < -0.39 is 0 Å². The number of aliphatic imine (C=N–C) groups is 1. The molecular weight excluding hydrogens is 280 g/mol. The van der Waals surface area contributed by atoms with Crippen molar-refractivity contribution in [2.24, 2.45) is 4.99 Å². The van der Waals surface area contributed by atoms with E-state index in [1.807, 2.05) is 18.4 Å². The molecule has 1 heterocycles. The quantitative estimate of drug-likeness (QED) is 0.600. The van der Waals surface area contributed by atoms with Gasteiger partial charge in [-0.25, -0.2) is 0 Å². The van der Waals surface area contributed by atoms with Crippen LogP contribution in [-0.4, -0.2) is 43.6 Å². The lowest BCUT2D eigenvalue weighted by molar-refractivity contribution is 0.247. The summed E-state index contributed by atoms with van der Waals surface area (Å²) in [4.78, 5) is 9.57. The van der Waals surface area contributed by atoms with Crippen molar-refractivity contribution < 1.29 is 0 Å². The third-order valence-electron chi connectivity index (χ3n) is 4.10. The summed E-state index contributed by atoms with van der Waals surface area (Å²) in [5.41, 5.74) is 0. The molecule has 0 spiro atoms. The van der Waals surface area contributed by atoms with Crippen LogP contribution in [0.1, 0.15) is 36.4 Å². The van der Waals surface area contributed by atoms with E-state index in [9.17, 15) is 0 Å². The molecule has 21 heavy (non-hydrogen) atoms. The first-order valence-electron chi connectivity index (χ1n) is 7.88. The zero-order valence-corrected chi connectivity index (χ0v) is 14.5. The highest BCUT2D eigenvalue weighted by Gasteiger charge is 2.28. The minimum Gasteiger partial charge on any atom is -0.355 e. The van der Waals surface area contributed by atoms with Gasteiger partial charge in [0.2, 0.25) is 0 Å². The van der Waals surface area contributed by atoms with E-state index in [2.05, 4.69) is 53.6 Å². The van der Waals surface area contributed by atoms with Crippen molar-refractivity contribution in [2.45, 2.75) is 51.7 Å². The van der Waals surface area contributed by atoms with Gasteiger partial charge in [-0.2, -0.15) is 0 Å². The van der Waals surface area contributed by atoms with Crippen LogP contribution in [-0.2, 0) is 13.0 Å². The number of hydrogen-bond donors (Lipinski definition) is 2. The van der Waals surface area contributed by atoms with Gasteiger partial charge in [0.1, 0.15) is 0 Å². The van der Waals surface area contributed by atoms with Gasteiger partial charge in [-0.3, -0.25) is 9.89 Å². The average molecular weight is 308 g/mol. The number of hydrogen-bond acceptors (Lipinski definition) is 3. The Labute approximate surface area is 132 Å². The zero-order valence-electron chi connectivity index (χ0n) is 13.6. The molecule has 5 heteroatoms. The van der Waals surface area contributed by atoms with Crippen molar-refractivity contribution in [3.05, 3.63) is 21.9 Å². The van der Waals surface area contributed by atoms with E-state index in [1.165, 1.54) is 22.6 Å². The third kappa shape index (κ3) is 5.00. The fourth-order valence-corrected chi connectivity index (χ4v) is 3.23. The molecule has 0 amide bonds. The Balaban J connectivity index is 1.72. The van der Waals surface area contributed by atoms with Gasteiger partial charge in [0.25, 0.3) is 0 Å². The molecule has 1 fully saturated rings. The highest BCUT2D eigenvalue weighted by molar-refractivity contribution is 7.11. The number of likely N-dealkylation sites (N-methyl/N-ethyl adjacent to an activating group) is 1. The van der Waals surface area contributed by atoms with Crippen LogP contribution in [0.15, 0.2) is 17.1 Å². The third-order valence-corrected chi connectivity index (χ3v) is 5.33. The molecular formula is C16H28N4S. The lowest BCUT2D eigenvalue weighted by Crippen LogP contribution is -2.45. The molecule has 0 radical (unpaired) electrons. The van der Waals surface area contributed by atoms with Crippen molar-refractivity contribution in [3.63, 3.8) is 0 Å². The van der Waals surface area contributed by atoms with Crippen molar-refractivity contribution >= 4 is 17.3 Å². The Morgan fingerprint density at radius 2 is 2.10 bits per heavy atom. The van der Waals surface area contributed by atoms with Crippen molar-refractivity contribution in [1.82, 2.24) is 15.5 Å². The topological polar surface area (TPSA) is 39.7 Å². The van der Waals surface area contributed by atoms with Crippen LogP contribution in [0, 0.1) is 0 Å². The standard InChI is InChI=1S/C16H28N4S/c1-5-14-8-9-15(21-14)11-19-16(17-3)18-10-12(2)20(4)13-6-7-13/h8-9,12-13H,5-7,10-11H2,1-4H3,(H2,17,18,19). The van der Waals surface area contributed by atoms with Gasteiger partial charge in [-0.15, -0.1) is 11.3 Å². The van der Waals surface area contributed by atoms with E-state index in [-0.39, 0.29) is 0 Å². The zero-order chi connectivity index (χ0) is 15.2. The number of guanidine groups is 1. The van der Waals surface area contributed by atoms with Crippen LogP contribution >= 0.6 is 11.3 Å². The maximum absolute atomic E-state index is 4.30.